The standard InChI is InChI=1S/C9H18N2.2ClH/c1-8-6-10-7-9(8)11-4-2-3-5-11;;/h8-10H,2-7H2,1H3;2*1H. The molecule has 4 heteroatoms. The second-order valence-electron chi connectivity index (χ2n) is 3.95. The molecule has 2 nitrogen and oxygen atoms in total. The summed E-state index contributed by atoms with van der Waals surface area (Å²) in [5.41, 5.74) is 0. The van der Waals surface area contributed by atoms with Gasteiger partial charge >= 0.3 is 0 Å². The summed E-state index contributed by atoms with van der Waals surface area (Å²) < 4.78 is 0. The van der Waals surface area contributed by atoms with Crippen molar-refractivity contribution in [2.24, 2.45) is 5.92 Å². The summed E-state index contributed by atoms with van der Waals surface area (Å²) in [5, 5.41) is 3.46. The van der Waals surface area contributed by atoms with Gasteiger partial charge in [-0.2, -0.15) is 0 Å². The van der Waals surface area contributed by atoms with Gasteiger partial charge in [0.25, 0.3) is 0 Å². The van der Waals surface area contributed by atoms with E-state index in [1.807, 2.05) is 0 Å². The molecule has 0 amide bonds. The van der Waals surface area contributed by atoms with Crippen LogP contribution in [-0.4, -0.2) is 37.1 Å². The number of hydrogen-bond donors (Lipinski definition) is 1. The summed E-state index contributed by atoms with van der Waals surface area (Å²) in [5.74, 6) is 0.869. The average Bonchev–Trinajstić information content (AvgIpc) is 2.55. The molecule has 0 aliphatic carbocycles. The lowest BCUT2D eigenvalue weighted by Gasteiger charge is -2.25. The summed E-state index contributed by atoms with van der Waals surface area (Å²) in [7, 11) is 0. The van der Waals surface area contributed by atoms with E-state index in [2.05, 4.69) is 17.1 Å². The molecule has 2 aliphatic rings. The van der Waals surface area contributed by atoms with Gasteiger partial charge < -0.3 is 5.32 Å². The minimum Gasteiger partial charge on any atom is -0.315 e. The van der Waals surface area contributed by atoms with Crippen LogP contribution in [0, 0.1) is 5.92 Å². The van der Waals surface area contributed by atoms with Crippen molar-refractivity contribution in [1.29, 1.82) is 0 Å². The second-order valence-corrected chi connectivity index (χ2v) is 3.95. The topological polar surface area (TPSA) is 15.3 Å². The van der Waals surface area contributed by atoms with Gasteiger partial charge in [-0.3, -0.25) is 4.90 Å². The third kappa shape index (κ3) is 2.98. The molecule has 1 N–H and O–H groups in total. The van der Waals surface area contributed by atoms with Crippen LogP contribution in [0.3, 0.4) is 0 Å². The molecular formula is C9H20Cl2N2. The van der Waals surface area contributed by atoms with E-state index in [0.717, 1.165) is 12.0 Å². The van der Waals surface area contributed by atoms with Crippen LogP contribution in [0.1, 0.15) is 19.8 Å². The first-order chi connectivity index (χ1) is 5.38. The average molecular weight is 227 g/mol. The van der Waals surface area contributed by atoms with Crippen LogP contribution in [0.4, 0.5) is 0 Å². The van der Waals surface area contributed by atoms with Crippen molar-refractivity contribution in [2.45, 2.75) is 25.8 Å². The van der Waals surface area contributed by atoms with Crippen LogP contribution in [0.25, 0.3) is 0 Å². The van der Waals surface area contributed by atoms with Crippen molar-refractivity contribution in [3.8, 4) is 0 Å². The smallest absolute Gasteiger partial charge is 0.0258 e. The number of nitrogens with one attached hydrogen (secondary N) is 1. The molecule has 2 aliphatic heterocycles. The van der Waals surface area contributed by atoms with Crippen LogP contribution in [0.5, 0.6) is 0 Å². The Bertz CT molecular complexity index is 138. The Morgan fingerprint density at radius 2 is 1.69 bits per heavy atom. The lowest BCUT2D eigenvalue weighted by molar-refractivity contribution is 0.220. The van der Waals surface area contributed by atoms with Gasteiger partial charge in [0.1, 0.15) is 0 Å². The van der Waals surface area contributed by atoms with Crippen LogP contribution < -0.4 is 5.32 Å². The number of hydrogen-bond acceptors (Lipinski definition) is 2. The minimum atomic E-state index is 0. The SMILES string of the molecule is CC1CNCC1N1CCCC1.Cl.Cl. The summed E-state index contributed by atoms with van der Waals surface area (Å²) in [6, 6.07) is 0.845. The van der Waals surface area contributed by atoms with E-state index < -0.39 is 0 Å². The molecule has 13 heavy (non-hydrogen) atoms. The second kappa shape index (κ2) is 6.07. The zero-order valence-electron chi connectivity index (χ0n) is 8.16. The quantitative estimate of drug-likeness (QED) is 0.730. The summed E-state index contributed by atoms with van der Waals surface area (Å²) in [6.45, 7) is 7.50. The van der Waals surface area contributed by atoms with E-state index in [1.54, 1.807) is 0 Å². The van der Waals surface area contributed by atoms with Crippen LogP contribution in [0.15, 0.2) is 0 Å². The Morgan fingerprint density at radius 1 is 1.08 bits per heavy atom. The fraction of sp³-hybridized carbons (Fsp3) is 1.00. The maximum absolute atomic E-state index is 3.46. The molecule has 0 spiro atoms. The van der Waals surface area contributed by atoms with E-state index in [1.165, 1.54) is 39.0 Å². The van der Waals surface area contributed by atoms with Crippen molar-refractivity contribution in [1.82, 2.24) is 10.2 Å². The molecule has 0 aromatic carbocycles. The molecule has 0 bridgehead atoms. The third-order valence-electron chi connectivity index (χ3n) is 3.09. The first-order valence-electron chi connectivity index (χ1n) is 4.82. The highest BCUT2D eigenvalue weighted by atomic mass is 35.5. The molecule has 2 heterocycles. The molecule has 2 atom stereocenters. The molecule has 0 aromatic rings. The highest BCUT2D eigenvalue weighted by Crippen LogP contribution is 2.19. The van der Waals surface area contributed by atoms with Gasteiger partial charge in [0.05, 0.1) is 0 Å². The van der Waals surface area contributed by atoms with Gasteiger partial charge in [0, 0.05) is 12.6 Å². The first-order valence-corrected chi connectivity index (χ1v) is 4.82. The van der Waals surface area contributed by atoms with E-state index in [9.17, 15) is 0 Å². The van der Waals surface area contributed by atoms with Crippen molar-refractivity contribution in [3.05, 3.63) is 0 Å². The normalized spacial score (nSPS) is 33.9. The number of nitrogens with zero attached hydrogens (tertiary/aromatic N) is 1. The highest BCUT2D eigenvalue weighted by Gasteiger charge is 2.29. The molecule has 0 radical (unpaired) electrons. The summed E-state index contributed by atoms with van der Waals surface area (Å²) in [4.78, 5) is 2.66. The van der Waals surface area contributed by atoms with Crippen LogP contribution in [0.2, 0.25) is 0 Å². The van der Waals surface area contributed by atoms with Crippen molar-refractivity contribution in [2.75, 3.05) is 26.2 Å². The lowest BCUT2D eigenvalue weighted by atomic mass is 10.1. The Kier molecular flexibility index (Phi) is 6.31. The highest BCUT2D eigenvalue weighted by molar-refractivity contribution is 5.85. The molecule has 2 fully saturated rings. The molecule has 0 saturated carbocycles. The number of rotatable bonds is 1. The largest absolute Gasteiger partial charge is 0.315 e. The van der Waals surface area contributed by atoms with Gasteiger partial charge in [-0.05, 0) is 38.4 Å². The van der Waals surface area contributed by atoms with Gasteiger partial charge in [0.15, 0.2) is 0 Å². The zero-order valence-corrected chi connectivity index (χ0v) is 9.79. The summed E-state index contributed by atoms with van der Waals surface area (Å²) in [6.07, 6.45) is 2.84. The van der Waals surface area contributed by atoms with Gasteiger partial charge in [0.2, 0.25) is 0 Å². The molecule has 2 unspecified atom stereocenters. The van der Waals surface area contributed by atoms with E-state index >= 15 is 0 Å². The fourth-order valence-corrected chi connectivity index (χ4v) is 2.36. The molecule has 80 valence electrons. The molecule has 2 saturated heterocycles. The van der Waals surface area contributed by atoms with Crippen LogP contribution in [-0.2, 0) is 0 Å². The first kappa shape index (κ1) is 13.5. The molecule has 0 aromatic heterocycles. The Labute approximate surface area is 93.3 Å². The van der Waals surface area contributed by atoms with Crippen molar-refractivity contribution >= 4 is 24.8 Å². The lowest BCUT2D eigenvalue weighted by Crippen LogP contribution is -2.37. The fourth-order valence-electron chi connectivity index (χ4n) is 2.36. The maximum atomic E-state index is 3.46. The minimum absolute atomic E-state index is 0. The molecular weight excluding hydrogens is 207 g/mol. The van der Waals surface area contributed by atoms with E-state index in [4.69, 9.17) is 0 Å². The predicted molar refractivity (Wildman–Crippen MR) is 61.1 cm³/mol. The Morgan fingerprint density at radius 3 is 2.15 bits per heavy atom. The van der Waals surface area contributed by atoms with Crippen LogP contribution >= 0.6 is 24.8 Å². The number of likely N-dealkylation sites (tertiary alicyclic amines) is 1. The number of halogens is 2. The van der Waals surface area contributed by atoms with Gasteiger partial charge in [-0.1, -0.05) is 6.92 Å². The van der Waals surface area contributed by atoms with Gasteiger partial charge in [-0.15, -0.1) is 24.8 Å². The zero-order chi connectivity index (χ0) is 7.68. The van der Waals surface area contributed by atoms with E-state index in [-0.39, 0.29) is 24.8 Å². The van der Waals surface area contributed by atoms with E-state index in [0.29, 0.717) is 0 Å². The summed E-state index contributed by atoms with van der Waals surface area (Å²) >= 11 is 0. The van der Waals surface area contributed by atoms with Crippen molar-refractivity contribution in [3.63, 3.8) is 0 Å². The Balaban J connectivity index is 0.000000720. The molecule has 2 rings (SSSR count). The monoisotopic (exact) mass is 226 g/mol. The third-order valence-corrected chi connectivity index (χ3v) is 3.09. The Hall–Kier alpha value is 0.500. The van der Waals surface area contributed by atoms with Crippen molar-refractivity contribution < 1.29 is 0 Å². The maximum Gasteiger partial charge on any atom is 0.0258 e. The predicted octanol–water partition coefficient (Wildman–Crippen LogP) is 1.53. The van der Waals surface area contributed by atoms with Gasteiger partial charge in [-0.25, -0.2) is 0 Å².